The highest BCUT2D eigenvalue weighted by atomic mass is 35.5. The second kappa shape index (κ2) is 8.01. The van der Waals surface area contributed by atoms with Gasteiger partial charge < -0.3 is 10.6 Å². The molecule has 0 aliphatic heterocycles. The third-order valence-electron chi connectivity index (χ3n) is 3.04. The molecule has 116 valence electrons. The van der Waals surface area contributed by atoms with Gasteiger partial charge in [-0.2, -0.15) is 0 Å². The minimum atomic E-state index is -0.245. The molecule has 4 nitrogen and oxygen atoms in total. The van der Waals surface area contributed by atoms with Crippen molar-refractivity contribution in [3.05, 3.63) is 52.3 Å². The first-order chi connectivity index (χ1) is 10.6. The largest absolute Gasteiger partial charge is 0.384 e. The van der Waals surface area contributed by atoms with E-state index in [2.05, 4.69) is 22.5 Å². The Kier molecular flexibility index (Phi) is 6.04. The van der Waals surface area contributed by atoms with Crippen LogP contribution in [-0.2, 0) is 0 Å². The van der Waals surface area contributed by atoms with Crippen molar-refractivity contribution in [3.63, 3.8) is 0 Å². The molecule has 0 aliphatic carbocycles. The molecule has 1 heterocycles. The zero-order valence-corrected chi connectivity index (χ0v) is 13.7. The fourth-order valence-corrected chi connectivity index (χ4v) is 2.15. The van der Waals surface area contributed by atoms with Gasteiger partial charge in [-0.25, -0.2) is 0 Å². The van der Waals surface area contributed by atoms with E-state index in [9.17, 15) is 4.79 Å². The summed E-state index contributed by atoms with van der Waals surface area (Å²) in [6, 6.07) is 6.72. The van der Waals surface area contributed by atoms with Crippen LogP contribution in [0.25, 0.3) is 0 Å². The van der Waals surface area contributed by atoms with Crippen molar-refractivity contribution in [2.24, 2.45) is 0 Å². The van der Waals surface area contributed by atoms with Crippen molar-refractivity contribution < 1.29 is 4.79 Å². The van der Waals surface area contributed by atoms with E-state index in [4.69, 9.17) is 23.2 Å². The van der Waals surface area contributed by atoms with Crippen molar-refractivity contribution in [1.82, 2.24) is 4.98 Å². The Morgan fingerprint density at radius 1 is 1.14 bits per heavy atom. The Morgan fingerprint density at radius 3 is 2.68 bits per heavy atom. The highest BCUT2D eigenvalue weighted by molar-refractivity contribution is 6.42. The van der Waals surface area contributed by atoms with Gasteiger partial charge >= 0.3 is 0 Å². The number of aromatic nitrogens is 1. The Morgan fingerprint density at radius 2 is 1.95 bits per heavy atom. The quantitative estimate of drug-likeness (QED) is 0.740. The number of hydrogen-bond donors (Lipinski definition) is 2. The number of nitrogens with one attached hydrogen (secondary N) is 2. The Balaban J connectivity index is 2.05. The maximum Gasteiger partial charge on any atom is 0.257 e. The van der Waals surface area contributed by atoms with E-state index in [0.29, 0.717) is 21.3 Å². The normalized spacial score (nSPS) is 10.3. The zero-order valence-electron chi connectivity index (χ0n) is 12.2. The lowest BCUT2D eigenvalue weighted by molar-refractivity contribution is 0.102. The van der Waals surface area contributed by atoms with Crippen LogP contribution in [0.1, 0.15) is 30.1 Å². The Labute approximate surface area is 139 Å². The summed E-state index contributed by atoms with van der Waals surface area (Å²) in [5.41, 5.74) is 1.89. The maximum absolute atomic E-state index is 12.2. The van der Waals surface area contributed by atoms with Crippen LogP contribution in [0.3, 0.4) is 0 Å². The van der Waals surface area contributed by atoms with E-state index in [0.717, 1.165) is 25.1 Å². The summed E-state index contributed by atoms with van der Waals surface area (Å²) < 4.78 is 0. The van der Waals surface area contributed by atoms with Crippen LogP contribution in [0.2, 0.25) is 10.0 Å². The maximum atomic E-state index is 12.2. The number of benzene rings is 1. The van der Waals surface area contributed by atoms with Crippen LogP contribution >= 0.6 is 23.2 Å². The number of carbonyl (C=O) groups excluding carboxylic acids is 1. The smallest absolute Gasteiger partial charge is 0.257 e. The molecular weight excluding hydrogens is 321 g/mol. The second-order valence-corrected chi connectivity index (χ2v) is 5.64. The number of nitrogens with zero attached hydrogens (tertiary/aromatic N) is 1. The zero-order chi connectivity index (χ0) is 15.9. The Bertz CT molecular complexity index is 662. The van der Waals surface area contributed by atoms with Gasteiger partial charge in [0, 0.05) is 24.6 Å². The van der Waals surface area contributed by atoms with Crippen LogP contribution in [0.4, 0.5) is 11.4 Å². The summed E-state index contributed by atoms with van der Waals surface area (Å²) in [6.45, 7) is 2.98. The van der Waals surface area contributed by atoms with Crippen LogP contribution in [0.5, 0.6) is 0 Å². The van der Waals surface area contributed by atoms with Gasteiger partial charge in [0.1, 0.15) is 0 Å². The lowest BCUT2D eigenvalue weighted by Gasteiger charge is -2.09. The molecule has 2 aromatic rings. The molecular formula is C16H17Cl2N3O. The summed E-state index contributed by atoms with van der Waals surface area (Å²) in [5.74, 6) is -0.245. The highest BCUT2D eigenvalue weighted by Gasteiger charge is 2.08. The molecule has 1 amide bonds. The molecule has 6 heteroatoms. The molecule has 0 unspecified atom stereocenters. The lowest BCUT2D eigenvalue weighted by Crippen LogP contribution is -2.13. The van der Waals surface area contributed by atoms with Gasteiger partial charge in [-0.05, 0) is 30.7 Å². The highest BCUT2D eigenvalue weighted by Crippen LogP contribution is 2.25. The van der Waals surface area contributed by atoms with Gasteiger partial charge in [-0.15, -0.1) is 0 Å². The SMILES string of the molecule is CCCCNc1cncc(C(=O)Nc2ccc(Cl)c(Cl)c2)c1. The first-order valence-corrected chi connectivity index (χ1v) is 7.81. The number of anilines is 2. The molecule has 0 saturated heterocycles. The fourth-order valence-electron chi connectivity index (χ4n) is 1.85. The third kappa shape index (κ3) is 4.61. The van der Waals surface area contributed by atoms with E-state index in [1.165, 1.54) is 6.20 Å². The second-order valence-electron chi connectivity index (χ2n) is 4.83. The van der Waals surface area contributed by atoms with Gasteiger partial charge in [-0.1, -0.05) is 36.5 Å². The molecule has 2 rings (SSSR count). The van der Waals surface area contributed by atoms with Crippen molar-refractivity contribution in [3.8, 4) is 0 Å². The summed E-state index contributed by atoms with van der Waals surface area (Å²) in [4.78, 5) is 16.3. The summed E-state index contributed by atoms with van der Waals surface area (Å²) >= 11 is 11.8. The number of carbonyl (C=O) groups is 1. The molecule has 0 atom stereocenters. The summed E-state index contributed by atoms with van der Waals surface area (Å²) in [6.07, 6.45) is 5.40. The Hall–Kier alpha value is -1.78. The number of unbranched alkanes of at least 4 members (excludes halogenated alkanes) is 1. The van der Waals surface area contributed by atoms with Gasteiger partial charge in [-0.3, -0.25) is 9.78 Å². The predicted molar refractivity (Wildman–Crippen MR) is 92.0 cm³/mol. The number of pyridine rings is 1. The molecule has 0 saturated carbocycles. The van der Waals surface area contributed by atoms with Gasteiger partial charge in [0.25, 0.3) is 5.91 Å². The molecule has 1 aromatic heterocycles. The molecule has 1 aromatic carbocycles. The van der Waals surface area contributed by atoms with Crippen molar-refractivity contribution in [2.45, 2.75) is 19.8 Å². The first-order valence-electron chi connectivity index (χ1n) is 7.05. The summed E-state index contributed by atoms with van der Waals surface area (Å²) in [7, 11) is 0. The standard InChI is InChI=1S/C16H17Cl2N3O/c1-2-3-6-20-13-7-11(9-19-10-13)16(22)21-12-4-5-14(17)15(18)8-12/h4-5,7-10,20H,2-3,6H2,1H3,(H,21,22). The topological polar surface area (TPSA) is 54.0 Å². The molecule has 0 aliphatic rings. The lowest BCUT2D eigenvalue weighted by atomic mass is 10.2. The molecule has 2 N–H and O–H groups in total. The van der Waals surface area contributed by atoms with Gasteiger partial charge in [0.2, 0.25) is 0 Å². The van der Waals surface area contributed by atoms with E-state index in [1.54, 1.807) is 30.5 Å². The molecule has 0 radical (unpaired) electrons. The average Bonchev–Trinajstić information content (AvgIpc) is 2.51. The minimum Gasteiger partial charge on any atom is -0.384 e. The molecule has 0 bridgehead atoms. The van der Waals surface area contributed by atoms with Crippen molar-refractivity contribution in [2.75, 3.05) is 17.2 Å². The van der Waals surface area contributed by atoms with Crippen molar-refractivity contribution >= 4 is 40.5 Å². The van der Waals surface area contributed by atoms with E-state index < -0.39 is 0 Å². The van der Waals surface area contributed by atoms with Crippen LogP contribution in [0.15, 0.2) is 36.7 Å². The number of amides is 1. The monoisotopic (exact) mass is 337 g/mol. The van der Waals surface area contributed by atoms with E-state index in [1.807, 2.05) is 0 Å². The average molecular weight is 338 g/mol. The predicted octanol–water partition coefficient (Wildman–Crippen LogP) is 4.85. The minimum absolute atomic E-state index is 0.245. The molecule has 22 heavy (non-hydrogen) atoms. The molecule has 0 fully saturated rings. The van der Waals surface area contributed by atoms with E-state index in [-0.39, 0.29) is 5.91 Å². The van der Waals surface area contributed by atoms with Crippen LogP contribution < -0.4 is 10.6 Å². The first kappa shape index (κ1) is 16.6. The summed E-state index contributed by atoms with van der Waals surface area (Å²) in [5, 5.41) is 6.85. The van der Waals surface area contributed by atoms with Crippen molar-refractivity contribution in [1.29, 1.82) is 0 Å². The fraction of sp³-hybridized carbons (Fsp3) is 0.250. The third-order valence-corrected chi connectivity index (χ3v) is 3.78. The van der Waals surface area contributed by atoms with E-state index >= 15 is 0 Å². The number of hydrogen-bond acceptors (Lipinski definition) is 3. The van der Waals surface area contributed by atoms with Crippen LogP contribution in [-0.4, -0.2) is 17.4 Å². The number of rotatable bonds is 6. The van der Waals surface area contributed by atoms with Crippen LogP contribution in [0, 0.1) is 0 Å². The van der Waals surface area contributed by atoms with Gasteiger partial charge in [0.05, 0.1) is 21.3 Å². The van der Waals surface area contributed by atoms with Gasteiger partial charge in [0.15, 0.2) is 0 Å². The molecule has 0 spiro atoms. The number of halogens is 2.